The van der Waals surface area contributed by atoms with Crippen LogP contribution in [0.25, 0.3) is 6.08 Å². The van der Waals surface area contributed by atoms with Crippen molar-refractivity contribution in [2.45, 2.75) is 13.0 Å². The summed E-state index contributed by atoms with van der Waals surface area (Å²) in [7, 11) is 1.55. The van der Waals surface area contributed by atoms with Gasteiger partial charge in [0.05, 0.1) is 13.2 Å². The van der Waals surface area contributed by atoms with Crippen LogP contribution >= 0.6 is 0 Å². The molecule has 0 saturated heterocycles. The van der Waals surface area contributed by atoms with Crippen LogP contribution in [0.1, 0.15) is 24.1 Å². The molecule has 2 aromatic carbocycles. The number of rotatable bonds is 7. The number of nitrogens with zero attached hydrogens (tertiary/aromatic N) is 1. The Labute approximate surface area is 158 Å². The number of ether oxygens (including phenoxy) is 2. The lowest BCUT2D eigenvalue weighted by molar-refractivity contribution is -0.144. The number of nitrogens with one attached hydrogen (secondary N) is 1. The van der Waals surface area contributed by atoms with E-state index in [1.807, 2.05) is 37.3 Å². The molecule has 0 fully saturated rings. The molecule has 6 heteroatoms. The highest BCUT2D eigenvalue weighted by atomic mass is 16.5. The van der Waals surface area contributed by atoms with Crippen molar-refractivity contribution in [3.8, 4) is 11.8 Å². The molecule has 1 N–H and O–H groups in total. The van der Waals surface area contributed by atoms with E-state index in [0.29, 0.717) is 11.3 Å². The normalized spacial score (nSPS) is 11.8. The number of carbonyl (C=O) groups excluding carboxylic acids is 2. The summed E-state index contributed by atoms with van der Waals surface area (Å²) in [5.41, 5.74) is 1.39. The number of benzene rings is 2. The standard InChI is InChI=1S/C21H20N2O4/c1-15(17-6-4-3-5-7-17)23-20(24)14-27-21(25)18(13-22)12-16-8-10-19(26-2)11-9-16/h3-12,15H,14H2,1-2H3,(H,23,24)/b18-12+/t15-/m1/s1. The van der Waals surface area contributed by atoms with Gasteiger partial charge in [0.15, 0.2) is 6.61 Å². The minimum atomic E-state index is -0.851. The molecule has 2 aromatic rings. The van der Waals surface area contributed by atoms with E-state index < -0.39 is 18.5 Å². The Hall–Kier alpha value is -3.59. The van der Waals surface area contributed by atoms with Gasteiger partial charge in [0.25, 0.3) is 5.91 Å². The highest BCUT2D eigenvalue weighted by molar-refractivity contribution is 5.98. The first-order chi connectivity index (χ1) is 13.0. The number of amides is 1. The lowest BCUT2D eigenvalue weighted by atomic mass is 10.1. The van der Waals surface area contributed by atoms with Crippen LogP contribution in [0.5, 0.6) is 5.75 Å². The van der Waals surface area contributed by atoms with Crippen LogP contribution in [0, 0.1) is 11.3 Å². The minimum Gasteiger partial charge on any atom is -0.497 e. The third-order valence-corrected chi connectivity index (χ3v) is 3.78. The largest absolute Gasteiger partial charge is 0.497 e. The molecule has 0 radical (unpaired) electrons. The maximum Gasteiger partial charge on any atom is 0.349 e. The Kier molecular flexibility index (Phi) is 7.15. The van der Waals surface area contributed by atoms with Gasteiger partial charge in [0.2, 0.25) is 0 Å². The zero-order chi connectivity index (χ0) is 19.6. The van der Waals surface area contributed by atoms with E-state index in [-0.39, 0.29) is 11.6 Å². The molecule has 2 rings (SSSR count). The Balaban J connectivity index is 1.91. The van der Waals surface area contributed by atoms with Gasteiger partial charge in [-0.3, -0.25) is 4.79 Å². The zero-order valence-corrected chi connectivity index (χ0v) is 15.1. The SMILES string of the molecule is COc1ccc(/C=C(\C#N)C(=O)OCC(=O)N[C@H](C)c2ccccc2)cc1. The minimum absolute atomic E-state index is 0.191. The van der Waals surface area contributed by atoms with E-state index in [9.17, 15) is 14.9 Å². The Morgan fingerprint density at radius 3 is 2.41 bits per heavy atom. The van der Waals surface area contributed by atoms with Crippen LogP contribution in [-0.2, 0) is 14.3 Å². The monoisotopic (exact) mass is 364 g/mol. The summed E-state index contributed by atoms with van der Waals surface area (Å²) in [5.74, 6) is -0.630. The van der Waals surface area contributed by atoms with Gasteiger partial charge in [-0.05, 0) is 36.3 Å². The van der Waals surface area contributed by atoms with Crippen LogP contribution in [0.4, 0.5) is 0 Å². The highest BCUT2D eigenvalue weighted by Crippen LogP contribution is 2.14. The first-order valence-corrected chi connectivity index (χ1v) is 8.30. The summed E-state index contributed by atoms with van der Waals surface area (Å²) in [6.45, 7) is 1.37. The molecule has 138 valence electrons. The van der Waals surface area contributed by atoms with Gasteiger partial charge in [-0.15, -0.1) is 0 Å². The van der Waals surface area contributed by atoms with E-state index >= 15 is 0 Å². The number of esters is 1. The van der Waals surface area contributed by atoms with E-state index in [1.165, 1.54) is 6.08 Å². The van der Waals surface area contributed by atoms with Gasteiger partial charge in [0.1, 0.15) is 17.4 Å². The quantitative estimate of drug-likeness (QED) is 0.463. The van der Waals surface area contributed by atoms with Gasteiger partial charge in [-0.2, -0.15) is 5.26 Å². The van der Waals surface area contributed by atoms with E-state index in [1.54, 1.807) is 37.4 Å². The Morgan fingerprint density at radius 2 is 1.81 bits per heavy atom. The average Bonchev–Trinajstić information content (AvgIpc) is 2.71. The zero-order valence-electron chi connectivity index (χ0n) is 15.1. The second-order valence-corrected chi connectivity index (χ2v) is 5.72. The molecule has 1 amide bonds. The van der Waals surface area contributed by atoms with Gasteiger partial charge >= 0.3 is 5.97 Å². The molecule has 0 saturated carbocycles. The molecule has 0 aliphatic carbocycles. The van der Waals surface area contributed by atoms with E-state index in [0.717, 1.165) is 5.56 Å². The maximum atomic E-state index is 12.0. The predicted molar refractivity (Wildman–Crippen MR) is 101 cm³/mol. The van der Waals surface area contributed by atoms with Crippen molar-refractivity contribution >= 4 is 18.0 Å². The maximum absolute atomic E-state index is 12.0. The smallest absolute Gasteiger partial charge is 0.349 e. The topological polar surface area (TPSA) is 88.4 Å². The molecule has 0 aliphatic rings. The summed E-state index contributed by atoms with van der Waals surface area (Å²) in [6.07, 6.45) is 1.40. The third kappa shape index (κ3) is 6.01. The highest BCUT2D eigenvalue weighted by Gasteiger charge is 2.15. The van der Waals surface area contributed by atoms with Crippen molar-refractivity contribution in [2.24, 2.45) is 0 Å². The van der Waals surface area contributed by atoms with Crippen molar-refractivity contribution in [2.75, 3.05) is 13.7 Å². The van der Waals surface area contributed by atoms with Gasteiger partial charge in [-0.1, -0.05) is 42.5 Å². The number of methoxy groups -OCH3 is 1. The van der Waals surface area contributed by atoms with E-state index in [4.69, 9.17) is 9.47 Å². The fourth-order valence-corrected chi connectivity index (χ4v) is 2.32. The molecule has 6 nitrogen and oxygen atoms in total. The lowest BCUT2D eigenvalue weighted by Gasteiger charge is -2.14. The summed E-state index contributed by atoms with van der Waals surface area (Å²) in [6, 6.07) is 17.8. The molecular formula is C21H20N2O4. The molecule has 1 atom stereocenters. The molecule has 0 bridgehead atoms. The molecule has 0 unspecified atom stereocenters. The number of carbonyl (C=O) groups is 2. The van der Waals surface area contributed by atoms with Crippen LogP contribution in [0.15, 0.2) is 60.2 Å². The fourth-order valence-electron chi connectivity index (χ4n) is 2.32. The molecule has 0 aromatic heterocycles. The summed E-state index contributed by atoms with van der Waals surface area (Å²) in [5, 5.41) is 11.9. The average molecular weight is 364 g/mol. The molecule has 27 heavy (non-hydrogen) atoms. The molecule has 0 heterocycles. The molecule has 0 aliphatic heterocycles. The summed E-state index contributed by atoms with van der Waals surface area (Å²) >= 11 is 0. The van der Waals surface area contributed by atoms with Crippen LogP contribution in [0.3, 0.4) is 0 Å². The Bertz CT molecular complexity index is 852. The number of nitriles is 1. The number of hydrogen-bond donors (Lipinski definition) is 1. The lowest BCUT2D eigenvalue weighted by Crippen LogP contribution is -2.31. The fraction of sp³-hybridized carbons (Fsp3) is 0.190. The molecular weight excluding hydrogens is 344 g/mol. The van der Waals surface area contributed by atoms with Crippen molar-refractivity contribution in [3.05, 3.63) is 71.3 Å². The number of hydrogen-bond acceptors (Lipinski definition) is 5. The summed E-state index contributed by atoms with van der Waals surface area (Å²) < 4.78 is 10.00. The van der Waals surface area contributed by atoms with Crippen LogP contribution in [-0.4, -0.2) is 25.6 Å². The third-order valence-electron chi connectivity index (χ3n) is 3.78. The second kappa shape index (κ2) is 9.78. The van der Waals surface area contributed by atoms with Crippen molar-refractivity contribution in [1.82, 2.24) is 5.32 Å². The van der Waals surface area contributed by atoms with Crippen molar-refractivity contribution in [3.63, 3.8) is 0 Å². The van der Waals surface area contributed by atoms with Crippen LogP contribution in [0.2, 0.25) is 0 Å². The Morgan fingerprint density at radius 1 is 1.15 bits per heavy atom. The summed E-state index contributed by atoms with van der Waals surface area (Å²) in [4.78, 5) is 24.0. The predicted octanol–water partition coefficient (Wildman–Crippen LogP) is 3.02. The van der Waals surface area contributed by atoms with Crippen LogP contribution < -0.4 is 10.1 Å². The van der Waals surface area contributed by atoms with E-state index in [2.05, 4.69) is 5.32 Å². The van der Waals surface area contributed by atoms with Crippen molar-refractivity contribution in [1.29, 1.82) is 5.26 Å². The second-order valence-electron chi connectivity index (χ2n) is 5.72. The first kappa shape index (κ1) is 19.7. The first-order valence-electron chi connectivity index (χ1n) is 8.30. The van der Waals surface area contributed by atoms with Gasteiger partial charge in [0, 0.05) is 0 Å². The van der Waals surface area contributed by atoms with Crippen molar-refractivity contribution < 1.29 is 19.1 Å². The molecule has 0 spiro atoms. The van der Waals surface area contributed by atoms with Gasteiger partial charge < -0.3 is 14.8 Å². The van der Waals surface area contributed by atoms with Gasteiger partial charge in [-0.25, -0.2) is 4.79 Å².